The molecule has 0 radical (unpaired) electrons. The summed E-state index contributed by atoms with van der Waals surface area (Å²) in [5.41, 5.74) is -1.25. The summed E-state index contributed by atoms with van der Waals surface area (Å²) in [4.78, 5) is 20.2. The van der Waals surface area contributed by atoms with Crippen LogP contribution in [0.15, 0.2) is 30.9 Å². The summed E-state index contributed by atoms with van der Waals surface area (Å²) in [6.07, 6.45) is 1.48. The Morgan fingerprint density at radius 3 is 2.56 bits per heavy atom. The van der Waals surface area contributed by atoms with E-state index in [0.717, 1.165) is 12.1 Å². The minimum absolute atomic E-state index is 0.0310. The van der Waals surface area contributed by atoms with Crippen molar-refractivity contribution < 1.29 is 23.1 Å². The lowest BCUT2D eigenvalue weighted by Gasteiger charge is -2.26. The molecular weight excluding hydrogens is 337 g/mol. The second-order valence-corrected chi connectivity index (χ2v) is 6.05. The highest BCUT2D eigenvalue weighted by molar-refractivity contribution is 5.93. The number of hydrogen-bond donors (Lipinski definition) is 2. The number of imidazole rings is 1. The van der Waals surface area contributed by atoms with E-state index in [1.54, 1.807) is 0 Å². The average Bonchev–Trinajstić information content (AvgIpc) is 3.10. The van der Waals surface area contributed by atoms with E-state index < -0.39 is 17.6 Å². The Morgan fingerprint density at radius 2 is 1.96 bits per heavy atom. The zero-order valence-electron chi connectivity index (χ0n) is 13.2. The SMILES string of the molecule is O=C(NC1CCC(O)CC1)c1cc(C(F)(F)F)cc(-n2ccnc2)n1. The number of aromatic nitrogens is 3. The van der Waals surface area contributed by atoms with Crippen LogP contribution in [0.5, 0.6) is 0 Å². The van der Waals surface area contributed by atoms with E-state index in [9.17, 15) is 23.1 Å². The summed E-state index contributed by atoms with van der Waals surface area (Å²) in [5, 5.41) is 12.2. The molecule has 1 aliphatic rings. The first kappa shape index (κ1) is 17.4. The van der Waals surface area contributed by atoms with Gasteiger partial charge in [0, 0.05) is 18.4 Å². The van der Waals surface area contributed by atoms with Crippen LogP contribution in [0.1, 0.15) is 41.7 Å². The molecule has 1 aliphatic carbocycles. The van der Waals surface area contributed by atoms with E-state index in [2.05, 4.69) is 15.3 Å². The largest absolute Gasteiger partial charge is 0.416 e. The maximum atomic E-state index is 13.1. The van der Waals surface area contributed by atoms with Crippen LogP contribution in [0.25, 0.3) is 5.82 Å². The van der Waals surface area contributed by atoms with Crippen molar-refractivity contribution in [3.63, 3.8) is 0 Å². The van der Waals surface area contributed by atoms with Crippen LogP contribution in [0, 0.1) is 0 Å². The molecule has 25 heavy (non-hydrogen) atoms. The maximum absolute atomic E-state index is 13.1. The van der Waals surface area contributed by atoms with Crippen molar-refractivity contribution in [3.05, 3.63) is 42.1 Å². The number of nitrogens with one attached hydrogen (secondary N) is 1. The van der Waals surface area contributed by atoms with Gasteiger partial charge >= 0.3 is 6.18 Å². The molecule has 6 nitrogen and oxygen atoms in total. The monoisotopic (exact) mass is 354 g/mol. The quantitative estimate of drug-likeness (QED) is 0.887. The van der Waals surface area contributed by atoms with Crippen LogP contribution in [0.2, 0.25) is 0 Å². The fourth-order valence-corrected chi connectivity index (χ4v) is 2.80. The van der Waals surface area contributed by atoms with Crippen LogP contribution in [-0.4, -0.2) is 37.7 Å². The number of rotatable bonds is 3. The number of carbonyl (C=O) groups excluding carboxylic acids is 1. The summed E-state index contributed by atoms with van der Waals surface area (Å²) in [5.74, 6) is -0.689. The molecule has 3 rings (SSSR count). The van der Waals surface area contributed by atoms with Gasteiger partial charge in [-0.2, -0.15) is 13.2 Å². The van der Waals surface area contributed by atoms with Crippen molar-refractivity contribution in [1.29, 1.82) is 0 Å². The molecule has 2 N–H and O–H groups in total. The van der Waals surface area contributed by atoms with Crippen molar-refractivity contribution in [3.8, 4) is 5.82 Å². The number of nitrogens with zero attached hydrogens (tertiary/aromatic N) is 3. The zero-order chi connectivity index (χ0) is 18.0. The van der Waals surface area contributed by atoms with Gasteiger partial charge in [0.1, 0.15) is 17.8 Å². The zero-order valence-corrected chi connectivity index (χ0v) is 13.2. The van der Waals surface area contributed by atoms with Gasteiger partial charge in [-0.15, -0.1) is 0 Å². The van der Waals surface area contributed by atoms with Crippen LogP contribution in [0.3, 0.4) is 0 Å². The summed E-state index contributed by atoms with van der Waals surface area (Å²) in [7, 11) is 0. The first-order chi connectivity index (χ1) is 11.8. The molecule has 0 aromatic carbocycles. The van der Waals surface area contributed by atoms with Gasteiger partial charge in [0.05, 0.1) is 11.7 Å². The molecule has 2 aromatic heterocycles. The van der Waals surface area contributed by atoms with Crippen molar-refractivity contribution in [2.45, 2.75) is 44.0 Å². The Labute approximate surface area is 141 Å². The van der Waals surface area contributed by atoms with Gasteiger partial charge in [0.2, 0.25) is 0 Å². The summed E-state index contributed by atoms with van der Waals surface area (Å²) in [6.45, 7) is 0. The number of aliphatic hydroxyl groups excluding tert-OH is 1. The summed E-state index contributed by atoms with van der Waals surface area (Å²) >= 11 is 0. The van der Waals surface area contributed by atoms with E-state index in [-0.39, 0.29) is 23.7 Å². The average molecular weight is 354 g/mol. The summed E-state index contributed by atoms with van der Waals surface area (Å²) < 4.78 is 40.7. The molecule has 1 saturated carbocycles. The van der Waals surface area contributed by atoms with E-state index in [1.807, 2.05) is 0 Å². The van der Waals surface area contributed by atoms with Crippen LogP contribution >= 0.6 is 0 Å². The molecule has 2 aromatic rings. The minimum Gasteiger partial charge on any atom is -0.393 e. The Kier molecular flexibility index (Phi) is 4.76. The highest BCUT2D eigenvalue weighted by atomic mass is 19.4. The Bertz CT molecular complexity index is 738. The minimum atomic E-state index is -4.59. The molecule has 1 fully saturated rings. The second-order valence-electron chi connectivity index (χ2n) is 6.05. The van der Waals surface area contributed by atoms with Gasteiger partial charge in [0.15, 0.2) is 0 Å². The number of aliphatic hydroxyl groups is 1. The fourth-order valence-electron chi connectivity index (χ4n) is 2.80. The first-order valence-electron chi connectivity index (χ1n) is 7.89. The molecule has 0 spiro atoms. The third-order valence-electron chi connectivity index (χ3n) is 4.17. The number of amides is 1. The smallest absolute Gasteiger partial charge is 0.393 e. The highest BCUT2D eigenvalue weighted by Crippen LogP contribution is 2.30. The molecule has 0 saturated heterocycles. The Morgan fingerprint density at radius 1 is 1.24 bits per heavy atom. The predicted molar refractivity (Wildman–Crippen MR) is 82.1 cm³/mol. The van der Waals surface area contributed by atoms with Crippen molar-refractivity contribution >= 4 is 5.91 Å². The molecule has 0 bridgehead atoms. The molecule has 2 heterocycles. The lowest BCUT2D eigenvalue weighted by Crippen LogP contribution is -2.39. The van der Waals surface area contributed by atoms with Gasteiger partial charge in [-0.3, -0.25) is 9.36 Å². The maximum Gasteiger partial charge on any atom is 0.416 e. The molecule has 0 atom stereocenters. The number of hydrogen-bond acceptors (Lipinski definition) is 4. The highest BCUT2D eigenvalue weighted by Gasteiger charge is 2.33. The molecule has 0 unspecified atom stereocenters. The molecule has 1 amide bonds. The lowest BCUT2D eigenvalue weighted by molar-refractivity contribution is -0.137. The summed E-state index contributed by atoms with van der Waals surface area (Å²) in [6, 6.07) is 1.44. The molecular formula is C16H17F3N4O2. The third-order valence-corrected chi connectivity index (χ3v) is 4.17. The van der Waals surface area contributed by atoms with E-state index >= 15 is 0 Å². The van der Waals surface area contributed by atoms with E-state index in [1.165, 1.54) is 23.3 Å². The van der Waals surface area contributed by atoms with Crippen LogP contribution in [-0.2, 0) is 6.18 Å². The van der Waals surface area contributed by atoms with Crippen molar-refractivity contribution in [1.82, 2.24) is 19.9 Å². The van der Waals surface area contributed by atoms with Gasteiger partial charge in [0.25, 0.3) is 5.91 Å². The molecule has 0 aliphatic heterocycles. The Hall–Kier alpha value is -2.42. The van der Waals surface area contributed by atoms with E-state index in [0.29, 0.717) is 25.7 Å². The van der Waals surface area contributed by atoms with Crippen LogP contribution in [0.4, 0.5) is 13.2 Å². The topological polar surface area (TPSA) is 80.0 Å². The predicted octanol–water partition coefficient (Wildman–Crippen LogP) is 2.32. The number of carbonyl (C=O) groups is 1. The molecule has 9 heteroatoms. The van der Waals surface area contributed by atoms with Gasteiger partial charge in [-0.25, -0.2) is 9.97 Å². The first-order valence-corrected chi connectivity index (χ1v) is 7.89. The third kappa shape index (κ3) is 4.16. The number of halogens is 3. The number of alkyl halides is 3. The number of pyridine rings is 1. The lowest BCUT2D eigenvalue weighted by atomic mass is 9.93. The normalized spacial score (nSPS) is 21.1. The van der Waals surface area contributed by atoms with Gasteiger partial charge in [-0.05, 0) is 37.8 Å². The van der Waals surface area contributed by atoms with E-state index in [4.69, 9.17) is 0 Å². The van der Waals surface area contributed by atoms with Crippen molar-refractivity contribution in [2.75, 3.05) is 0 Å². The second kappa shape index (κ2) is 6.83. The Balaban J connectivity index is 1.86. The van der Waals surface area contributed by atoms with Gasteiger partial charge in [-0.1, -0.05) is 0 Å². The van der Waals surface area contributed by atoms with Crippen molar-refractivity contribution in [2.24, 2.45) is 0 Å². The van der Waals surface area contributed by atoms with Gasteiger partial charge < -0.3 is 10.4 Å². The standard InChI is InChI=1S/C16H17F3N4O2/c17-16(18,19)10-7-13(22-14(8-10)23-6-5-20-9-23)15(25)21-11-1-3-12(24)4-2-11/h5-9,11-12,24H,1-4H2,(H,21,25). The fraction of sp³-hybridized carbons (Fsp3) is 0.438. The molecule has 134 valence electrons. The van der Waals surface area contributed by atoms with Crippen LogP contribution < -0.4 is 5.32 Å².